The lowest BCUT2D eigenvalue weighted by molar-refractivity contribution is 0.0938. The molecule has 0 bridgehead atoms. The van der Waals surface area contributed by atoms with E-state index in [1.165, 1.54) is 12.1 Å². The van der Waals surface area contributed by atoms with Crippen molar-refractivity contribution in [3.05, 3.63) is 29.3 Å². The molecule has 112 valence electrons. The van der Waals surface area contributed by atoms with Gasteiger partial charge in [0.25, 0.3) is 15.0 Å². The van der Waals surface area contributed by atoms with Crippen molar-refractivity contribution in [2.24, 2.45) is 5.41 Å². The number of amides is 1. The lowest BCUT2D eigenvalue weighted by Crippen LogP contribution is -2.32. The quantitative estimate of drug-likeness (QED) is 0.868. The Hall–Kier alpha value is -1.07. The van der Waals surface area contributed by atoms with Gasteiger partial charge in [0, 0.05) is 22.8 Å². The van der Waals surface area contributed by atoms with Crippen molar-refractivity contribution in [1.82, 2.24) is 5.32 Å². The fourth-order valence-electron chi connectivity index (χ4n) is 1.67. The number of halogens is 1. The van der Waals surface area contributed by atoms with Gasteiger partial charge in [-0.25, -0.2) is 8.42 Å². The van der Waals surface area contributed by atoms with Crippen LogP contribution in [0.15, 0.2) is 23.1 Å². The van der Waals surface area contributed by atoms with Crippen LogP contribution in [0.2, 0.25) is 0 Å². The first-order valence-electron chi connectivity index (χ1n) is 6.40. The van der Waals surface area contributed by atoms with E-state index in [0.29, 0.717) is 18.5 Å². The van der Waals surface area contributed by atoms with Crippen molar-refractivity contribution in [1.29, 1.82) is 0 Å². The van der Waals surface area contributed by atoms with E-state index in [0.717, 1.165) is 5.56 Å². The molecule has 1 aromatic rings. The third-order valence-corrected chi connectivity index (χ3v) is 4.12. The summed E-state index contributed by atoms with van der Waals surface area (Å²) >= 11 is 0. The highest BCUT2D eigenvalue weighted by molar-refractivity contribution is 8.13. The Bertz CT molecular complexity index is 603. The van der Waals surface area contributed by atoms with Gasteiger partial charge in [0.05, 0.1) is 4.90 Å². The number of hydrogen-bond acceptors (Lipinski definition) is 3. The van der Waals surface area contributed by atoms with Crippen LogP contribution in [0.1, 0.15) is 43.6 Å². The van der Waals surface area contributed by atoms with Gasteiger partial charge in [0.2, 0.25) is 0 Å². The van der Waals surface area contributed by atoms with Gasteiger partial charge in [0.1, 0.15) is 0 Å². The molecule has 0 saturated carbocycles. The summed E-state index contributed by atoms with van der Waals surface area (Å²) in [5.74, 6) is -0.279. The molecule has 0 saturated heterocycles. The fraction of sp³-hybridized carbons (Fsp3) is 0.500. The van der Waals surface area contributed by atoms with E-state index >= 15 is 0 Å². The SMILES string of the molecule is CCc1ccc(S(=O)(=O)Cl)cc1C(=O)NCC(C)(C)C. The van der Waals surface area contributed by atoms with Gasteiger partial charge in [0.15, 0.2) is 0 Å². The minimum absolute atomic E-state index is 0.0434. The highest BCUT2D eigenvalue weighted by atomic mass is 35.7. The molecule has 0 aromatic heterocycles. The van der Waals surface area contributed by atoms with Crippen LogP contribution in [0.4, 0.5) is 0 Å². The Labute approximate surface area is 124 Å². The number of rotatable bonds is 4. The summed E-state index contributed by atoms with van der Waals surface area (Å²) < 4.78 is 22.7. The Morgan fingerprint density at radius 1 is 1.30 bits per heavy atom. The van der Waals surface area contributed by atoms with Crippen LogP contribution < -0.4 is 5.32 Å². The molecular weight excluding hydrogens is 298 g/mol. The van der Waals surface area contributed by atoms with E-state index in [-0.39, 0.29) is 16.2 Å². The summed E-state index contributed by atoms with van der Waals surface area (Å²) in [6.07, 6.45) is 0.640. The largest absolute Gasteiger partial charge is 0.352 e. The van der Waals surface area contributed by atoms with Gasteiger partial charge < -0.3 is 5.32 Å². The first kappa shape index (κ1) is 17.0. The lowest BCUT2D eigenvalue weighted by Gasteiger charge is -2.19. The predicted molar refractivity (Wildman–Crippen MR) is 80.6 cm³/mol. The third-order valence-electron chi connectivity index (χ3n) is 2.77. The zero-order valence-corrected chi connectivity index (χ0v) is 13.7. The normalized spacial score (nSPS) is 12.2. The molecule has 0 fully saturated rings. The van der Waals surface area contributed by atoms with Gasteiger partial charge in [-0.3, -0.25) is 4.79 Å². The summed E-state index contributed by atoms with van der Waals surface area (Å²) in [6, 6.07) is 4.38. The summed E-state index contributed by atoms with van der Waals surface area (Å²) in [4.78, 5) is 12.1. The van der Waals surface area contributed by atoms with Gasteiger partial charge in [-0.05, 0) is 29.5 Å². The topological polar surface area (TPSA) is 63.2 Å². The second kappa shape index (κ2) is 6.14. The van der Waals surface area contributed by atoms with Crippen LogP contribution >= 0.6 is 10.7 Å². The maximum absolute atomic E-state index is 12.2. The zero-order valence-electron chi connectivity index (χ0n) is 12.2. The standard InChI is InChI=1S/C14H20ClNO3S/c1-5-10-6-7-11(20(15,18)19)8-12(10)13(17)16-9-14(2,3)4/h6-8H,5,9H2,1-4H3,(H,16,17). The molecule has 0 heterocycles. The molecule has 1 N–H and O–H groups in total. The summed E-state index contributed by atoms with van der Waals surface area (Å²) in [5, 5.41) is 2.82. The zero-order chi connectivity index (χ0) is 15.6. The molecule has 4 nitrogen and oxygen atoms in total. The molecule has 0 radical (unpaired) electrons. The van der Waals surface area contributed by atoms with Crippen molar-refractivity contribution in [2.75, 3.05) is 6.54 Å². The second-order valence-corrected chi connectivity index (χ2v) is 8.42. The van der Waals surface area contributed by atoms with Crippen LogP contribution in [-0.2, 0) is 15.5 Å². The maximum atomic E-state index is 12.2. The van der Waals surface area contributed by atoms with E-state index in [2.05, 4.69) is 5.32 Å². The van der Waals surface area contributed by atoms with Gasteiger partial charge in [-0.1, -0.05) is 33.8 Å². The molecule has 20 heavy (non-hydrogen) atoms. The summed E-state index contributed by atoms with van der Waals surface area (Å²) in [6.45, 7) is 8.44. The van der Waals surface area contributed by atoms with Crippen molar-refractivity contribution in [3.63, 3.8) is 0 Å². The molecule has 0 aliphatic carbocycles. The first-order valence-corrected chi connectivity index (χ1v) is 8.71. The van der Waals surface area contributed by atoms with Gasteiger partial charge in [-0.2, -0.15) is 0 Å². The summed E-state index contributed by atoms with van der Waals surface area (Å²) in [5.41, 5.74) is 1.11. The van der Waals surface area contributed by atoms with E-state index in [1.807, 2.05) is 27.7 Å². The maximum Gasteiger partial charge on any atom is 0.261 e. The first-order chi connectivity index (χ1) is 9.04. The average molecular weight is 318 g/mol. The van der Waals surface area contributed by atoms with E-state index in [1.54, 1.807) is 6.07 Å². The minimum atomic E-state index is -3.83. The summed E-state index contributed by atoms with van der Waals surface area (Å²) in [7, 11) is 1.49. The molecule has 0 aliphatic rings. The van der Waals surface area contributed by atoms with Crippen LogP contribution in [0.3, 0.4) is 0 Å². The predicted octanol–water partition coefficient (Wildman–Crippen LogP) is 2.95. The molecule has 0 spiro atoms. The number of hydrogen-bond donors (Lipinski definition) is 1. The lowest BCUT2D eigenvalue weighted by atomic mass is 9.96. The van der Waals surface area contributed by atoms with Crippen molar-refractivity contribution in [2.45, 2.75) is 39.0 Å². The number of nitrogens with one attached hydrogen (secondary N) is 1. The molecule has 0 aliphatic heterocycles. The van der Waals surface area contributed by atoms with E-state index in [9.17, 15) is 13.2 Å². The Morgan fingerprint density at radius 3 is 2.35 bits per heavy atom. The monoisotopic (exact) mass is 317 g/mol. The third kappa shape index (κ3) is 4.80. The second-order valence-electron chi connectivity index (χ2n) is 5.85. The number of carbonyl (C=O) groups excluding carboxylic acids is 1. The van der Waals surface area contributed by atoms with Crippen LogP contribution in [0, 0.1) is 5.41 Å². The molecule has 6 heteroatoms. The molecule has 1 aromatic carbocycles. The fourth-order valence-corrected chi connectivity index (χ4v) is 2.44. The highest BCUT2D eigenvalue weighted by Crippen LogP contribution is 2.20. The molecule has 0 unspecified atom stereocenters. The van der Waals surface area contributed by atoms with Gasteiger partial charge in [-0.15, -0.1) is 0 Å². The molecule has 1 rings (SSSR count). The van der Waals surface area contributed by atoms with Crippen molar-refractivity contribution in [3.8, 4) is 0 Å². The van der Waals surface area contributed by atoms with E-state index in [4.69, 9.17) is 10.7 Å². The number of carbonyl (C=O) groups is 1. The van der Waals surface area contributed by atoms with Crippen LogP contribution in [-0.4, -0.2) is 20.9 Å². The molecular formula is C14H20ClNO3S. The van der Waals surface area contributed by atoms with E-state index < -0.39 is 9.05 Å². The smallest absolute Gasteiger partial charge is 0.261 e. The van der Waals surface area contributed by atoms with Crippen molar-refractivity contribution < 1.29 is 13.2 Å². The van der Waals surface area contributed by atoms with Crippen LogP contribution in [0.5, 0.6) is 0 Å². The Balaban J connectivity index is 3.11. The molecule has 1 amide bonds. The highest BCUT2D eigenvalue weighted by Gasteiger charge is 2.18. The Morgan fingerprint density at radius 2 is 1.90 bits per heavy atom. The number of benzene rings is 1. The number of aryl methyl sites for hydroxylation is 1. The van der Waals surface area contributed by atoms with Crippen LogP contribution in [0.25, 0.3) is 0 Å². The minimum Gasteiger partial charge on any atom is -0.352 e. The average Bonchev–Trinajstić information content (AvgIpc) is 2.33. The van der Waals surface area contributed by atoms with Crippen molar-refractivity contribution >= 4 is 25.6 Å². The Kier molecular flexibility index (Phi) is 5.21. The van der Waals surface area contributed by atoms with Gasteiger partial charge >= 0.3 is 0 Å². The molecule has 0 atom stereocenters.